The van der Waals surface area contributed by atoms with Crippen molar-refractivity contribution in [2.24, 2.45) is 0 Å². The number of nitrogens with zero attached hydrogens (tertiary/aromatic N) is 2. The first kappa shape index (κ1) is 39.3. The summed E-state index contributed by atoms with van der Waals surface area (Å²) in [7, 11) is 3.46. The highest BCUT2D eigenvalue weighted by molar-refractivity contribution is 5.88. The van der Waals surface area contributed by atoms with Crippen LogP contribution in [-0.4, -0.2) is 100 Å². The molecule has 4 aliphatic rings. The van der Waals surface area contributed by atoms with E-state index in [2.05, 4.69) is 20.5 Å². The van der Waals surface area contributed by atoms with Crippen molar-refractivity contribution in [2.45, 2.75) is 103 Å². The molecule has 1 unspecified atom stereocenters. The highest BCUT2D eigenvalue weighted by atomic mass is 16.7. The molecule has 15 heteroatoms. The molecule has 5 heterocycles. The number of aryl methyl sites for hydroxylation is 1. The predicted octanol–water partition coefficient (Wildman–Crippen LogP) is 4.60. The number of phenolic OH excluding ortho intramolecular Hbond substituents is 1. The maximum Gasteiger partial charge on any atom is 0.408 e. The summed E-state index contributed by atoms with van der Waals surface area (Å²) in [5.41, 5.74) is 5.17. The average Bonchev–Trinajstić information content (AvgIpc) is 3.81. The molecule has 15 nitrogen and oxygen atoms in total. The van der Waals surface area contributed by atoms with Crippen LogP contribution in [0.15, 0.2) is 36.5 Å². The van der Waals surface area contributed by atoms with Crippen molar-refractivity contribution < 1.29 is 48.3 Å². The molecule has 1 aromatic heterocycles. The van der Waals surface area contributed by atoms with Gasteiger partial charge < -0.3 is 49.5 Å². The largest absolute Gasteiger partial charge is 0.504 e. The summed E-state index contributed by atoms with van der Waals surface area (Å²) in [6.07, 6.45) is 0.918. The summed E-state index contributed by atoms with van der Waals surface area (Å²) < 4.78 is 29.3. The zero-order valence-corrected chi connectivity index (χ0v) is 34.0. The monoisotopic (exact) mass is 797 g/mol. The number of phenols is 1. The zero-order valence-electron chi connectivity index (χ0n) is 34.0. The number of piperazine rings is 1. The van der Waals surface area contributed by atoms with Crippen molar-refractivity contribution >= 4 is 28.9 Å². The number of carbonyl (C=O) groups is 3. The molecule has 5 N–H and O–H groups in total. The number of fused-ring (bicyclic) bond motifs is 10. The number of aliphatic hydroxyl groups excluding tert-OH is 1. The number of likely N-dealkylation sites (N-methyl/N-ethyl adjacent to an activating group) is 1. The van der Waals surface area contributed by atoms with Crippen LogP contribution in [-0.2, 0) is 33.6 Å². The van der Waals surface area contributed by atoms with Crippen LogP contribution >= 0.6 is 0 Å². The minimum Gasteiger partial charge on any atom is -0.504 e. The van der Waals surface area contributed by atoms with Crippen LogP contribution in [0.25, 0.3) is 10.9 Å². The number of methoxy groups -OCH3 is 1. The summed E-state index contributed by atoms with van der Waals surface area (Å²) in [6.45, 7) is 10.2. The SMILES string of the molecule is COc1c(C)cc2c(c1O)[C@@H]1C3Cc4c(OC(C)=O)c(C)c5c(c4[C@H](CNC(=O)[C@@H](Cc4c[nH]c6ccccc46)NC(=O)OC(C)(C)C)N3[C@@H](O)[C@H](C2)N1C)OCO5. The van der Waals surface area contributed by atoms with Crippen LogP contribution in [0.4, 0.5) is 4.79 Å². The standard InChI is InChI=1S/C43H51N5O10/c1-20-13-23-15-30-41(52)48-29(34(47(30)7)32(23)35(50)36(20)54-8)16-26-33(39-38(55-19-56-39)21(2)37(26)57-22(3)49)31(48)18-45-40(51)28(46-42(53)58-43(4,5)6)14-24-17-44-27-12-10-9-11-25(24)27/h9-13,17,28-31,34,41,44,50,52H,14-16,18-19H2,1-8H3,(H,45,51)(H,46,53)/t28-,29?,30+,31+,34+,41+/m1/s1. The number of hydrogen-bond acceptors (Lipinski definition) is 12. The fourth-order valence-corrected chi connectivity index (χ4v) is 9.62. The molecule has 0 radical (unpaired) electrons. The minimum atomic E-state index is -1.05. The third-order valence-corrected chi connectivity index (χ3v) is 11.9. The lowest BCUT2D eigenvalue weighted by Crippen LogP contribution is -2.69. The molecule has 1 saturated heterocycles. The molecule has 2 bridgehead atoms. The average molecular weight is 798 g/mol. The van der Waals surface area contributed by atoms with Crippen LogP contribution in [0, 0.1) is 13.8 Å². The predicted molar refractivity (Wildman–Crippen MR) is 212 cm³/mol. The van der Waals surface area contributed by atoms with Gasteiger partial charge in [-0.1, -0.05) is 24.3 Å². The number of aromatic hydroxyl groups is 1. The Kier molecular flexibility index (Phi) is 9.97. The van der Waals surface area contributed by atoms with Gasteiger partial charge in [0.2, 0.25) is 12.7 Å². The summed E-state index contributed by atoms with van der Waals surface area (Å²) >= 11 is 0. The van der Waals surface area contributed by atoms with Gasteiger partial charge in [0.1, 0.15) is 23.6 Å². The van der Waals surface area contributed by atoms with E-state index in [1.807, 2.05) is 55.4 Å². The summed E-state index contributed by atoms with van der Waals surface area (Å²) in [6, 6.07) is 6.58. The number of amides is 2. The maximum atomic E-state index is 14.5. The van der Waals surface area contributed by atoms with E-state index in [1.165, 1.54) is 14.0 Å². The molecule has 58 heavy (non-hydrogen) atoms. The first-order chi connectivity index (χ1) is 27.6. The number of aromatic nitrogens is 1. The Balaban J connectivity index is 1.22. The second-order valence-corrected chi connectivity index (χ2v) is 16.7. The number of benzene rings is 3. The highest BCUT2D eigenvalue weighted by Gasteiger charge is 2.56. The van der Waals surface area contributed by atoms with Crippen molar-refractivity contribution in [3.63, 3.8) is 0 Å². The van der Waals surface area contributed by atoms with Gasteiger partial charge in [-0.05, 0) is 77.3 Å². The van der Waals surface area contributed by atoms with Gasteiger partial charge in [0, 0.05) is 65.3 Å². The highest BCUT2D eigenvalue weighted by Crippen LogP contribution is 2.58. The van der Waals surface area contributed by atoms with Gasteiger partial charge >= 0.3 is 12.1 Å². The van der Waals surface area contributed by atoms with Crippen LogP contribution in [0.1, 0.15) is 78.7 Å². The molecule has 6 atom stereocenters. The van der Waals surface area contributed by atoms with Crippen LogP contribution in [0.3, 0.4) is 0 Å². The third-order valence-electron chi connectivity index (χ3n) is 11.9. The molecule has 0 aliphatic carbocycles. The van der Waals surface area contributed by atoms with E-state index in [9.17, 15) is 24.6 Å². The number of H-pyrrole nitrogens is 1. The Morgan fingerprint density at radius 1 is 1.05 bits per heavy atom. The number of rotatable bonds is 8. The molecule has 8 rings (SSSR count). The fraction of sp³-hybridized carbons (Fsp3) is 0.465. The molecule has 2 amide bonds. The fourth-order valence-electron chi connectivity index (χ4n) is 9.62. The number of para-hydroxylation sites is 1. The number of carbonyl (C=O) groups excluding carboxylic acids is 3. The van der Waals surface area contributed by atoms with E-state index >= 15 is 0 Å². The lowest BCUT2D eigenvalue weighted by Gasteiger charge is -2.60. The van der Waals surface area contributed by atoms with Gasteiger partial charge in [-0.25, -0.2) is 4.79 Å². The Morgan fingerprint density at radius 3 is 2.52 bits per heavy atom. The lowest BCUT2D eigenvalue weighted by molar-refractivity contribution is -0.172. The molecular formula is C43H51N5O10. The van der Waals surface area contributed by atoms with E-state index in [0.29, 0.717) is 51.7 Å². The lowest BCUT2D eigenvalue weighted by atomic mass is 9.73. The first-order valence-electron chi connectivity index (χ1n) is 19.6. The molecule has 308 valence electrons. The van der Waals surface area contributed by atoms with Crippen molar-refractivity contribution in [1.82, 2.24) is 25.4 Å². The quantitative estimate of drug-likeness (QED) is 0.124. The number of esters is 1. The normalized spacial score (nSPS) is 22.7. The van der Waals surface area contributed by atoms with Crippen molar-refractivity contribution in [1.29, 1.82) is 0 Å². The van der Waals surface area contributed by atoms with Gasteiger partial charge in [0.15, 0.2) is 23.0 Å². The number of aliphatic hydroxyl groups is 1. The zero-order chi connectivity index (χ0) is 41.4. The summed E-state index contributed by atoms with van der Waals surface area (Å²) in [5, 5.41) is 31.1. The van der Waals surface area contributed by atoms with Gasteiger partial charge in [-0.2, -0.15) is 0 Å². The molecule has 4 aromatic rings. The van der Waals surface area contributed by atoms with Crippen molar-refractivity contribution in [3.05, 3.63) is 75.5 Å². The van der Waals surface area contributed by atoms with Crippen LogP contribution < -0.4 is 29.6 Å². The molecule has 1 fully saturated rings. The van der Waals surface area contributed by atoms with Gasteiger partial charge in [-0.3, -0.25) is 19.4 Å². The van der Waals surface area contributed by atoms with E-state index in [0.717, 1.165) is 27.6 Å². The topological polar surface area (TPSA) is 184 Å². The third kappa shape index (κ3) is 6.64. The van der Waals surface area contributed by atoms with Crippen molar-refractivity contribution in [2.75, 3.05) is 27.5 Å². The summed E-state index contributed by atoms with van der Waals surface area (Å²) in [4.78, 5) is 47.7. The number of ether oxygens (including phenoxy) is 5. The van der Waals surface area contributed by atoms with Crippen LogP contribution in [0.5, 0.6) is 28.7 Å². The Labute approximate surface area is 336 Å². The Bertz CT molecular complexity index is 2320. The second kappa shape index (κ2) is 14.7. The Morgan fingerprint density at radius 2 is 1.79 bits per heavy atom. The number of hydrogen-bond donors (Lipinski definition) is 5. The van der Waals surface area contributed by atoms with E-state index < -0.39 is 60.0 Å². The first-order valence-corrected chi connectivity index (χ1v) is 19.6. The van der Waals surface area contributed by atoms with Gasteiger partial charge in [-0.15, -0.1) is 0 Å². The van der Waals surface area contributed by atoms with Crippen LogP contribution in [0.2, 0.25) is 0 Å². The minimum absolute atomic E-state index is 0.0372. The molecule has 0 spiro atoms. The summed E-state index contributed by atoms with van der Waals surface area (Å²) in [5.74, 6) is 0.602. The molecule has 4 aliphatic heterocycles. The Hall–Kier alpha value is -5.51. The molecular weight excluding hydrogens is 746 g/mol. The molecule has 0 saturated carbocycles. The van der Waals surface area contributed by atoms with E-state index in [4.69, 9.17) is 23.7 Å². The number of alkyl carbamates (subject to hydrolysis) is 1. The molecule has 3 aromatic carbocycles. The maximum absolute atomic E-state index is 14.5. The van der Waals surface area contributed by atoms with Gasteiger partial charge in [0.25, 0.3) is 0 Å². The smallest absolute Gasteiger partial charge is 0.408 e. The number of nitrogens with one attached hydrogen (secondary N) is 3. The van der Waals surface area contributed by atoms with E-state index in [1.54, 1.807) is 27.7 Å². The van der Waals surface area contributed by atoms with Crippen molar-refractivity contribution in [3.8, 4) is 28.7 Å². The van der Waals surface area contributed by atoms with E-state index in [-0.39, 0.29) is 31.9 Å². The second-order valence-electron chi connectivity index (χ2n) is 16.7. The van der Waals surface area contributed by atoms with Gasteiger partial charge in [0.05, 0.1) is 25.2 Å². The number of aromatic amines is 1.